The minimum atomic E-state index is 0.125. The lowest BCUT2D eigenvalue weighted by atomic mass is 9.76. The van der Waals surface area contributed by atoms with E-state index in [1.807, 2.05) is 6.07 Å². The predicted octanol–water partition coefficient (Wildman–Crippen LogP) is 2.50. The summed E-state index contributed by atoms with van der Waals surface area (Å²) in [5, 5.41) is 0.341. The van der Waals surface area contributed by atoms with Crippen LogP contribution in [-0.4, -0.2) is 33.5 Å². The van der Waals surface area contributed by atoms with Gasteiger partial charge in [0.25, 0.3) is 0 Å². The molecule has 0 unspecified atom stereocenters. The minimum Gasteiger partial charge on any atom is -0.297 e. The third-order valence-corrected chi connectivity index (χ3v) is 3.46. The van der Waals surface area contributed by atoms with E-state index in [2.05, 4.69) is 42.6 Å². The van der Waals surface area contributed by atoms with E-state index in [0.717, 1.165) is 18.8 Å². The summed E-state index contributed by atoms with van der Waals surface area (Å²) in [6.07, 6.45) is 1.73. The molecule has 1 saturated heterocycles. The first-order valence-corrected chi connectivity index (χ1v) is 5.93. The second-order valence-electron chi connectivity index (χ2n) is 5.80. The third kappa shape index (κ3) is 2.06. The van der Waals surface area contributed by atoms with Crippen LogP contribution in [0.2, 0.25) is 5.28 Å². The first kappa shape index (κ1) is 11.8. The van der Waals surface area contributed by atoms with Crippen molar-refractivity contribution in [3.63, 3.8) is 0 Å². The van der Waals surface area contributed by atoms with Gasteiger partial charge in [-0.2, -0.15) is 0 Å². The van der Waals surface area contributed by atoms with Crippen LogP contribution in [0.15, 0.2) is 12.3 Å². The van der Waals surface area contributed by atoms with Gasteiger partial charge >= 0.3 is 0 Å². The Morgan fingerprint density at radius 3 is 2.50 bits per heavy atom. The molecule has 4 heteroatoms. The number of halogens is 1. The minimum absolute atomic E-state index is 0.125. The zero-order chi connectivity index (χ0) is 12.0. The maximum Gasteiger partial charge on any atom is 0.222 e. The van der Waals surface area contributed by atoms with Gasteiger partial charge in [0.2, 0.25) is 5.28 Å². The summed E-state index contributed by atoms with van der Waals surface area (Å²) in [6, 6.07) is 1.96. The lowest BCUT2D eigenvalue weighted by Crippen LogP contribution is -2.63. The average Bonchev–Trinajstić information content (AvgIpc) is 2.11. The Morgan fingerprint density at radius 2 is 2.00 bits per heavy atom. The van der Waals surface area contributed by atoms with Crippen LogP contribution in [0.3, 0.4) is 0 Å². The number of hydrogen-bond acceptors (Lipinski definition) is 3. The Kier molecular flexibility index (Phi) is 2.71. The molecule has 0 radical (unpaired) electrons. The van der Waals surface area contributed by atoms with Gasteiger partial charge < -0.3 is 0 Å². The molecule has 2 heterocycles. The molecule has 88 valence electrons. The highest BCUT2D eigenvalue weighted by molar-refractivity contribution is 6.28. The lowest BCUT2D eigenvalue weighted by molar-refractivity contribution is -0.00369. The quantitative estimate of drug-likeness (QED) is 0.706. The molecular formula is C12H18ClN3. The van der Waals surface area contributed by atoms with Crippen LogP contribution in [0.1, 0.15) is 33.4 Å². The van der Waals surface area contributed by atoms with E-state index in [4.69, 9.17) is 11.6 Å². The normalized spacial score (nSPS) is 20.6. The molecule has 1 aromatic heterocycles. The molecule has 0 amide bonds. The van der Waals surface area contributed by atoms with Gasteiger partial charge in [0.15, 0.2) is 0 Å². The van der Waals surface area contributed by atoms with E-state index in [9.17, 15) is 0 Å². The summed E-state index contributed by atoms with van der Waals surface area (Å²) in [5.74, 6) is 0. The van der Waals surface area contributed by atoms with E-state index in [-0.39, 0.29) is 11.0 Å². The van der Waals surface area contributed by atoms with E-state index < -0.39 is 0 Å². The van der Waals surface area contributed by atoms with Crippen molar-refractivity contribution in [3.8, 4) is 0 Å². The van der Waals surface area contributed by atoms with Gasteiger partial charge in [-0.05, 0) is 38.4 Å². The molecule has 0 atom stereocenters. The molecule has 1 aromatic rings. The Labute approximate surface area is 102 Å². The fourth-order valence-electron chi connectivity index (χ4n) is 2.10. The topological polar surface area (TPSA) is 29.0 Å². The van der Waals surface area contributed by atoms with E-state index in [1.54, 1.807) is 6.20 Å². The average molecular weight is 240 g/mol. The fraction of sp³-hybridized carbons (Fsp3) is 0.667. The maximum absolute atomic E-state index is 5.82. The number of likely N-dealkylation sites (tertiary alicyclic amines) is 1. The van der Waals surface area contributed by atoms with Crippen LogP contribution in [-0.2, 0) is 5.41 Å². The van der Waals surface area contributed by atoms with Crippen LogP contribution in [0.5, 0.6) is 0 Å². The summed E-state index contributed by atoms with van der Waals surface area (Å²) in [7, 11) is 0. The lowest BCUT2D eigenvalue weighted by Gasteiger charge is -2.53. The third-order valence-electron chi connectivity index (χ3n) is 3.27. The molecule has 0 aromatic carbocycles. The van der Waals surface area contributed by atoms with Gasteiger partial charge in [0.1, 0.15) is 0 Å². The second kappa shape index (κ2) is 3.67. The maximum atomic E-state index is 5.82. The summed E-state index contributed by atoms with van der Waals surface area (Å²) in [5.41, 5.74) is 1.41. The zero-order valence-corrected chi connectivity index (χ0v) is 11.0. The molecule has 1 fully saturated rings. The van der Waals surface area contributed by atoms with Gasteiger partial charge in [0.05, 0.1) is 5.69 Å². The van der Waals surface area contributed by atoms with Gasteiger partial charge in [0, 0.05) is 30.2 Å². The Morgan fingerprint density at radius 1 is 1.38 bits per heavy atom. The van der Waals surface area contributed by atoms with Crippen LogP contribution in [0, 0.1) is 0 Å². The fourth-order valence-corrected chi connectivity index (χ4v) is 2.25. The number of nitrogens with zero attached hydrogens (tertiary/aromatic N) is 3. The van der Waals surface area contributed by atoms with Crippen molar-refractivity contribution >= 4 is 11.6 Å². The van der Waals surface area contributed by atoms with Crippen molar-refractivity contribution < 1.29 is 0 Å². The summed E-state index contributed by atoms with van der Waals surface area (Å²) in [6.45, 7) is 11.0. The Balaban J connectivity index is 2.14. The molecule has 16 heavy (non-hydrogen) atoms. The molecule has 1 aliphatic rings. The highest BCUT2D eigenvalue weighted by Crippen LogP contribution is 2.37. The second-order valence-corrected chi connectivity index (χ2v) is 6.14. The molecule has 0 N–H and O–H groups in total. The monoisotopic (exact) mass is 239 g/mol. The van der Waals surface area contributed by atoms with Crippen molar-refractivity contribution in [2.75, 3.05) is 13.1 Å². The number of hydrogen-bond donors (Lipinski definition) is 0. The van der Waals surface area contributed by atoms with Crippen molar-refractivity contribution in [1.29, 1.82) is 0 Å². The SMILES string of the molecule is CC1(c2ccnc(Cl)n2)CN(C(C)(C)C)C1. The highest BCUT2D eigenvalue weighted by Gasteiger charge is 2.45. The Bertz CT molecular complexity index is 391. The molecule has 0 bridgehead atoms. The van der Waals surface area contributed by atoms with Crippen LogP contribution >= 0.6 is 11.6 Å². The van der Waals surface area contributed by atoms with Crippen molar-refractivity contribution in [2.24, 2.45) is 0 Å². The molecule has 3 nitrogen and oxygen atoms in total. The number of rotatable bonds is 1. The van der Waals surface area contributed by atoms with E-state index in [0.29, 0.717) is 5.28 Å². The van der Waals surface area contributed by atoms with E-state index >= 15 is 0 Å². The van der Waals surface area contributed by atoms with Crippen molar-refractivity contribution in [2.45, 2.75) is 38.6 Å². The summed E-state index contributed by atoms with van der Waals surface area (Å²) < 4.78 is 0. The zero-order valence-electron chi connectivity index (χ0n) is 10.3. The standard InChI is InChI=1S/C12H18ClN3/c1-11(2,3)16-7-12(4,8-16)9-5-6-14-10(13)15-9/h5-6H,7-8H2,1-4H3. The largest absolute Gasteiger partial charge is 0.297 e. The van der Waals surface area contributed by atoms with Gasteiger partial charge in [-0.25, -0.2) is 9.97 Å². The smallest absolute Gasteiger partial charge is 0.222 e. The molecular weight excluding hydrogens is 222 g/mol. The molecule has 0 aliphatic carbocycles. The Hall–Kier alpha value is -0.670. The van der Waals surface area contributed by atoms with Crippen molar-refractivity contribution in [1.82, 2.24) is 14.9 Å². The van der Waals surface area contributed by atoms with Gasteiger partial charge in [-0.15, -0.1) is 0 Å². The van der Waals surface area contributed by atoms with Crippen LogP contribution < -0.4 is 0 Å². The molecule has 1 aliphatic heterocycles. The molecule has 2 rings (SSSR count). The summed E-state index contributed by atoms with van der Waals surface area (Å²) >= 11 is 5.82. The summed E-state index contributed by atoms with van der Waals surface area (Å²) in [4.78, 5) is 10.7. The predicted molar refractivity (Wildman–Crippen MR) is 65.7 cm³/mol. The first-order valence-electron chi connectivity index (χ1n) is 5.55. The highest BCUT2D eigenvalue weighted by atomic mass is 35.5. The van der Waals surface area contributed by atoms with Gasteiger partial charge in [-0.3, -0.25) is 4.90 Å². The molecule has 0 spiro atoms. The van der Waals surface area contributed by atoms with E-state index in [1.165, 1.54) is 0 Å². The first-order chi connectivity index (χ1) is 7.31. The number of aromatic nitrogens is 2. The van der Waals surface area contributed by atoms with Gasteiger partial charge in [-0.1, -0.05) is 6.92 Å². The van der Waals surface area contributed by atoms with Crippen molar-refractivity contribution in [3.05, 3.63) is 23.2 Å². The molecule has 0 saturated carbocycles. The van der Waals surface area contributed by atoms with Crippen LogP contribution in [0.25, 0.3) is 0 Å². The van der Waals surface area contributed by atoms with Crippen LogP contribution in [0.4, 0.5) is 0 Å².